The maximum atomic E-state index is 6.20. The lowest BCUT2D eigenvalue weighted by Crippen LogP contribution is -2.00. The summed E-state index contributed by atoms with van der Waals surface area (Å²) in [6.07, 6.45) is 0. The molecule has 17 heteroatoms. The zero-order chi connectivity index (χ0) is 73.7. The molecular formula is C94H57BrN12O4. The Kier molecular flexibility index (Phi) is 16.6. The average Bonchev–Trinajstić information content (AvgIpc) is 1.59. The second kappa shape index (κ2) is 28.1. The van der Waals surface area contributed by atoms with Gasteiger partial charge in [-0.3, -0.25) is 0 Å². The number of nitrogens with one attached hydrogen (secondary N) is 1. The van der Waals surface area contributed by atoms with Crippen LogP contribution >= 0.6 is 15.9 Å². The fraction of sp³-hybridized carbons (Fsp3) is 0. The molecule has 14 aromatic carbocycles. The minimum Gasteiger partial charge on any atom is -0.436 e. The van der Waals surface area contributed by atoms with E-state index in [1.54, 1.807) is 0 Å². The SMILES string of the molecule is Brc1ccc(-c2nc(-c3ccccc3)nc(-c3ccccc3)n2)cc1.c1ccc(-c2nc(-c3ccccc3)nc(-c3ccc(-n4c5ccc(-c6nc7ccccc7o6)cc5c5cc(-c6nc7ccccc7o6)ccc54)cc3)n2)cc1.c1ccc2oc(-c3ccc4[nH]c5ccc(-c6nc7ccccc7o6)cc5c4c3)nc2c1. The van der Waals surface area contributed by atoms with E-state index in [0.29, 0.717) is 58.5 Å². The van der Waals surface area contributed by atoms with Crippen LogP contribution in [0.15, 0.2) is 362 Å². The molecule has 0 atom stereocenters. The Labute approximate surface area is 641 Å². The highest BCUT2D eigenvalue weighted by Crippen LogP contribution is 2.40. The molecular weight excluding hydrogens is 1440 g/mol. The lowest BCUT2D eigenvalue weighted by molar-refractivity contribution is 0.619. The van der Waals surface area contributed by atoms with Gasteiger partial charge in [-0.25, -0.2) is 49.8 Å². The van der Waals surface area contributed by atoms with Crippen molar-refractivity contribution in [1.29, 1.82) is 0 Å². The molecule has 8 aromatic heterocycles. The van der Waals surface area contributed by atoms with Gasteiger partial charge in [0.2, 0.25) is 23.6 Å². The molecule has 1 N–H and O–H groups in total. The third kappa shape index (κ3) is 12.9. The molecule has 111 heavy (non-hydrogen) atoms. The number of hydrogen-bond donors (Lipinski definition) is 1. The van der Waals surface area contributed by atoms with Crippen LogP contribution in [-0.4, -0.2) is 59.4 Å². The van der Waals surface area contributed by atoms with Crippen molar-refractivity contribution >= 4 is 104 Å². The van der Waals surface area contributed by atoms with E-state index in [9.17, 15) is 0 Å². The molecule has 0 saturated heterocycles. The Bertz CT molecular complexity index is 6720. The molecule has 0 fully saturated rings. The van der Waals surface area contributed by atoms with Crippen molar-refractivity contribution in [3.63, 3.8) is 0 Å². The highest BCUT2D eigenvalue weighted by Gasteiger charge is 2.22. The van der Waals surface area contributed by atoms with Crippen LogP contribution in [0.25, 0.3) is 208 Å². The maximum Gasteiger partial charge on any atom is 0.227 e. The number of hydrogen-bond acceptors (Lipinski definition) is 14. The lowest BCUT2D eigenvalue weighted by Gasteiger charge is -2.11. The van der Waals surface area contributed by atoms with E-state index in [2.05, 4.69) is 125 Å². The highest BCUT2D eigenvalue weighted by molar-refractivity contribution is 9.10. The van der Waals surface area contributed by atoms with E-state index in [1.165, 1.54) is 0 Å². The third-order valence-electron chi connectivity index (χ3n) is 19.4. The van der Waals surface area contributed by atoms with E-state index in [1.807, 2.05) is 255 Å². The van der Waals surface area contributed by atoms with Crippen molar-refractivity contribution in [3.05, 3.63) is 344 Å². The summed E-state index contributed by atoms with van der Waals surface area (Å²) in [5, 5.41) is 4.31. The summed E-state index contributed by atoms with van der Waals surface area (Å²) in [6, 6.07) is 113. The molecule has 0 aliphatic carbocycles. The Hall–Kier alpha value is -14.9. The van der Waals surface area contributed by atoms with Crippen molar-refractivity contribution in [3.8, 4) is 120 Å². The van der Waals surface area contributed by atoms with E-state index in [4.69, 9.17) is 52.6 Å². The summed E-state index contributed by atoms with van der Waals surface area (Å²) in [6.45, 7) is 0. The summed E-state index contributed by atoms with van der Waals surface area (Å²) < 4.78 is 27.6. The van der Waals surface area contributed by atoms with Gasteiger partial charge in [0.25, 0.3) is 0 Å². The summed E-state index contributed by atoms with van der Waals surface area (Å²) in [4.78, 5) is 51.2. The second-order valence-corrected chi connectivity index (χ2v) is 27.4. The summed E-state index contributed by atoms with van der Waals surface area (Å²) >= 11 is 3.47. The number of benzene rings is 14. The zero-order valence-electron chi connectivity index (χ0n) is 58.8. The number of fused-ring (bicyclic) bond motifs is 10. The second-order valence-electron chi connectivity index (χ2n) is 26.5. The monoisotopic (exact) mass is 1500 g/mol. The molecule has 0 saturated carbocycles. The van der Waals surface area contributed by atoms with Crippen LogP contribution in [0, 0.1) is 0 Å². The number of oxazole rings is 4. The van der Waals surface area contributed by atoms with E-state index in [0.717, 1.165) is 154 Å². The first-order valence-corrected chi connectivity index (χ1v) is 36.8. The van der Waals surface area contributed by atoms with Crippen LogP contribution in [0.1, 0.15) is 0 Å². The van der Waals surface area contributed by atoms with E-state index >= 15 is 0 Å². The Morgan fingerprint density at radius 3 is 0.784 bits per heavy atom. The number of H-pyrrole nitrogens is 1. The Morgan fingerprint density at radius 1 is 0.225 bits per heavy atom. The summed E-state index contributed by atoms with van der Waals surface area (Å²) in [7, 11) is 0. The predicted octanol–water partition coefficient (Wildman–Crippen LogP) is 24.2. The maximum absolute atomic E-state index is 6.20. The normalized spacial score (nSPS) is 11.5. The van der Waals surface area contributed by atoms with Gasteiger partial charge in [-0.05, 0) is 158 Å². The molecule has 8 heterocycles. The van der Waals surface area contributed by atoms with E-state index < -0.39 is 0 Å². The smallest absolute Gasteiger partial charge is 0.227 e. The van der Waals surface area contributed by atoms with Gasteiger partial charge in [0.1, 0.15) is 22.1 Å². The molecule has 0 radical (unpaired) electrons. The van der Waals surface area contributed by atoms with Gasteiger partial charge in [-0.2, -0.15) is 0 Å². The molecule has 22 rings (SSSR count). The standard InChI is InChI=1S/C47H28N6O2.C26H15N3O2.C21H14BrN3/c1-3-11-29(12-4-1)43-50-44(30-13-5-2-6-14-30)52-45(51-43)31-19-23-34(24-20-31)53-39-25-21-32(46-48-37-15-7-9-17-41(37)54-46)27-35(39)36-28-33(22-26-40(36)53)47-49-38-16-8-10-18-42(38)55-47;1-3-7-23-21(5-1)28-25(30-23)15-9-11-19-17(13-15)18-14-16(10-12-20(18)27-19)26-29-22-6-2-4-8-24(22)31-26;22-18-13-11-17(12-14-18)21-24-19(15-7-3-1-4-8-15)23-20(25-21)16-9-5-2-6-10-16/h1-28H;1-14,27H;1-14H. The lowest BCUT2D eigenvalue weighted by atomic mass is 10.1. The van der Waals surface area contributed by atoms with Crippen LogP contribution < -0.4 is 0 Å². The first-order valence-electron chi connectivity index (χ1n) is 36.0. The van der Waals surface area contributed by atoms with Crippen molar-refractivity contribution in [1.82, 2.24) is 59.4 Å². The molecule has 0 amide bonds. The van der Waals surface area contributed by atoms with Gasteiger partial charge in [-0.15, -0.1) is 0 Å². The average molecular weight is 1500 g/mol. The molecule has 22 aromatic rings. The number of halogens is 1. The minimum atomic E-state index is 0.575. The molecule has 0 spiro atoms. The molecule has 524 valence electrons. The van der Waals surface area contributed by atoms with Gasteiger partial charge >= 0.3 is 0 Å². The number of para-hydroxylation sites is 8. The minimum absolute atomic E-state index is 0.575. The van der Waals surface area contributed by atoms with Gasteiger partial charge in [-0.1, -0.05) is 198 Å². The van der Waals surface area contributed by atoms with Gasteiger partial charge in [0.05, 0.1) is 11.0 Å². The largest absolute Gasteiger partial charge is 0.436 e. The van der Waals surface area contributed by atoms with Gasteiger partial charge in [0, 0.05) is 98.4 Å². The quantitative estimate of drug-likeness (QED) is 0.128. The molecule has 0 unspecified atom stereocenters. The molecule has 16 nitrogen and oxygen atoms in total. The fourth-order valence-electron chi connectivity index (χ4n) is 13.9. The van der Waals surface area contributed by atoms with Crippen LogP contribution in [-0.2, 0) is 0 Å². The molecule has 0 aliphatic rings. The zero-order valence-corrected chi connectivity index (χ0v) is 60.3. The first kappa shape index (κ1) is 65.6. The molecule has 0 aliphatic heterocycles. The van der Waals surface area contributed by atoms with E-state index in [-0.39, 0.29) is 0 Å². The first-order chi connectivity index (χ1) is 54.8. The summed E-state index contributed by atoms with van der Waals surface area (Å²) in [5.74, 6) is 6.25. The number of aromatic amines is 1. The fourth-order valence-corrected chi connectivity index (χ4v) is 14.2. The number of aromatic nitrogens is 12. The molecule has 0 bridgehead atoms. The Balaban J connectivity index is 0.000000121. The van der Waals surface area contributed by atoms with Gasteiger partial charge in [0.15, 0.2) is 57.3 Å². The number of nitrogens with zero attached hydrogens (tertiary/aromatic N) is 11. The van der Waals surface area contributed by atoms with Crippen LogP contribution in [0.4, 0.5) is 0 Å². The highest BCUT2D eigenvalue weighted by atomic mass is 79.9. The van der Waals surface area contributed by atoms with Crippen molar-refractivity contribution < 1.29 is 17.7 Å². The third-order valence-corrected chi connectivity index (χ3v) is 19.9. The number of rotatable bonds is 11. The van der Waals surface area contributed by atoms with Crippen molar-refractivity contribution in [2.75, 3.05) is 0 Å². The van der Waals surface area contributed by atoms with Crippen LogP contribution in [0.2, 0.25) is 0 Å². The van der Waals surface area contributed by atoms with Crippen LogP contribution in [0.3, 0.4) is 0 Å². The van der Waals surface area contributed by atoms with Crippen molar-refractivity contribution in [2.45, 2.75) is 0 Å². The van der Waals surface area contributed by atoms with Crippen LogP contribution in [0.5, 0.6) is 0 Å². The van der Waals surface area contributed by atoms with Crippen molar-refractivity contribution in [2.24, 2.45) is 0 Å². The van der Waals surface area contributed by atoms with Gasteiger partial charge < -0.3 is 27.2 Å². The summed E-state index contributed by atoms with van der Waals surface area (Å²) in [5.41, 5.74) is 20.9. The Morgan fingerprint density at radius 2 is 0.477 bits per heavy atom. The predicted molar refractivity (Wildman–Crippen MR) is 442 cm³/mol. The topological polar surface area (TPSA) is 202 Å².